The molecular weight excluding hydrogens is 316 g/mol. The van der Waals surface area contributed by atoms with Crippen molar-refractivity contribution in [3.05, 3.63) is 47.3 Å². The van der Waals surface area contributed by atoms with Crippen LogP contribution in [0.4, 0.5) is 5.69 Å². The van der Waals surface area contributed by atoms with Gasteiger partial charge in [0.2, 0.25) is 5.91 Å². The van der Waals surface area contributed by atoms with Gasteiger partial charge in [0.25, 0.3) is 5.91 Å². The van der Waals surface area contributed by atoms with Crippen molar-refractivity contribution in [2.45, 2.75) is 39.2 Å². The molecule has 25 heavy (non-hydrogen) atoms. The zero-order valence-corrected chi connectivity index (χ0v) is 14.8. The second-order valence-electron chi connectivity index (χ2n) is 6.42. The SMILES string of the molecule is CCc1cc(C(=O)Nc2cccc(CN3CCCCC3=O)c2)n(C)n1. The van der Waals surface area contributed by atoms with Crippen molar-refractivity contribution >= 4 is 17.5 Å². The molecule has 0 saturated carbocycles. The lowest BCUT2D eigenvalue weighted by atomic mass is 10.1. The molecule has 3 rings (SSSR count). The minimum Gasteiger partial charge on any atom is -0.338 e. The maximum absolute atomic E-state index is 12.5. The maximum atomic E-state index is 12.5. The smallest absolute Gasteiger partial charge is 0.273 e. The van der Waals surface area contributed by atoms with Crippen LogP contribution in [-0.2, 0) is 24.8 Å². The largest absolute Gasteiger partial charge is 0.338 e. The van der Waals surface area contributed by atoms with E-state index in [4.69, 9.17) is 0 Å². The Balaban J connectivity index is 1.69. The molecule has 1 aliphatic rings. The number of likely N-dealkylation sites (tertiary alicyclic amines) is 1. The molecule has 2 aromatic rings. The van der Waals surface area contributed by atoms with Gasteiger partial charge in [-0.2, -0.15) is 5.10 Å². The molecule has 2 amide bonds. The van der Waals surface area contributed by atoms with Gasteiger partial charge in [0.15, 0.2) is 0 Å². The van der Waals surface area contributed by atoms with Crippen molar-refractivity contribution in [3.8, 4) is 0 Å². The van der Waals surface area contributed by atoms with Gasteiger partial charge in [0.1, 0.15) is 5.69 Å². The molecule has 0 radical (unpaired) electrons. The lowest BCUT2D eigenvalue weighted by Gasteiger charge is -2.26. The van der Waals surface area contributed by atoms with Gasteiger partial charge in [-0.05, 0) is 43.0 Å². The van der Waals surface area contributed by atoms with Crippen LogP contribution in [0.1, 0.15) is 47.9 Å². The van der Waals surface area contributed by atoms with Crippen LogP contribution in [0.2, 0.25) is 0 Å². The number of nitrogens with one attached hydrogen (secondary N) is 1. The van der Waals surface area contributed by atoms with E-state index in [1.807, 2.05) is 42.2 Å². The van der Waals surface area contributed by atoms with E-state index in [2.05, 4.69) is 10.4 Å². The summed E-state index contributed by atoms with van der Waals surface area (Å²) in [5, 5.41) is 7.23. The Morgan fingerprint density at radius 3 is 2.84 bits per heavy atom. The van der Waals surface area contributed by atoms with Crippen LogP contribution >= 0.6 is 0 Å². The first-order chi connectivity index (χ1) is 12.1. The van der Waals surface area contributed by atoms with E-state index in [0.29, 0.717) is 18.7 Å². The van der Waals surface area contributed by atoms with Crippen molar-refractivity contribution in [1.82, 2.24) is 14.7 Å². The standard InChI is InChI=1S/C19H24N4O2/c1-3-15-12-17(22(2)21-15)19(25)20-16-8-6-7-14(11-16)13-23-10-5-4-9-18(23)24/h6-8,11-12H,3-5,9-10,13H2,1-2H3,(H,20,25). The van der Waals surface area contributed by atoms with E-state index in [1.54, 1.807) is 11.7 Å². The van der Waals surface area contributed by atoms with E-state index in [-0.39, 0.29) is 11.8 Å². The van der Waals surface area contributed by atoms with Gasteiger partial charge < -0.3 is 10.2 Å². The van der Waals surface area contributed by atoms with E-state index < -0.39 is 0 Å². The third kappa shape index (κ3) is 4.07. The maximum Gasteiger partial charge on any atom is 0.273 e. The fraction of sp³-hybridized carbons (Fsp3) is 0.421. The van der Waals surface area contributed by atoms with Gasteiger partial charge in [-0.25, -0.2) is 0 Å². The third-order valence-corrected chi connectivity index (χ3v) is 4.50. The number of nitrogens with zero attached hydrogens (tertiary/aromatic N) is 3. The lowest BCUT2D eigenvalue weighted by molar-refractivity contribution is -0.133. The number of hydrogen-bond donors (Lipinski definition) is 1. The van der Waals surface area contributed by atoms with Crippen molar-refractivity contribution in [3.63, 3.8) is 0 Å². The Bertz CT molecular complexity index is 781. The molecule has 0 aliphatic carbocycles. The first kappa shape index (κ1) is 17.2. The molecule has 0 unspecified atom stereocenters. The summed E-state index contributed by atoms with van der Waals surface area (Å²) in [6.07, 6.45) is 3.47. The van der Waals surface area contributed by atoms with Crippen molar-refractivity contribution in [2.24, 2.45) is 7.05 Å². The molecular formula is C19H24N4O2. The number of benzene rings is 1. The second-order valence-corrected chi connectivity index (χ2v) is 6.42. The van der Waals surface area contributed by atoms with Crippen LogP contribution in [0, 0.1) is 0 Å². The number of aromatic nitrogens is 2. The molecule has 0 atom stereocenters. The van der Waals surface area contributed by atoms with Crippen LogP contribution in [-0.4, -0.2) is 33.0 Å². The summed E-state index contributed by atoms with van der Waals surface area (Å²) in [7, 11) is 1.77. The predicted octanol–water partition coefficient (Wildman–Crippen LogP) is 2.75. The lowest BCUT2D eigenvalue weighted by Crippen LogP contribution is -2.34. The van der Waals surface area contributed by atoms with Gasteiger partial charge in [0.05, 0.1) is 5.69 Å². The highest BCUT2D eigenvalue weighted by molar-refractivity contribution is 6.03. The number of aryl methyl sites for hydroxylation is 2. The van der Waals surface area contributed by atoms with Crippen LogP contribution in [0.25, 0.3) is 0 Å². The minimum absolute atomic E-state index is 0.180. The molecule has 1 N–H and O–H groups in total. The first-order valence-electron chi connectivity index (χ1n) is 8.78. The highest BCUT2D eigenvalue weighted by Crippen LogP contribution is 2.18. The van der Waals surface area contributed by atoms with Gasteiger partial charge in [-0.1, -0.05) is 19.1 Å². The van der Waals surface area contributed by atoms with Gasteiger partial charge in [0, 0.05) is 32.2 Å². The number of carbonyl (C=O) groups excluding carboxylic acids is 2. The fourth-order valence-electron chi connectivity index (χ4n) is 3.10. The molecule has 1 aromatic heterocycles. The monoisotopic (exact) mass is 340 g/mol. The molecule has 132 valence electrons. The summed E-state index contributed by atoms with van der Waals surface area (Å²) in [5.41, 5.74) is 3.18. The highest BCUT2D eigenvalue weighted by Gasteiger charge is 2.18. The highest BCUT2D eigenvalue weighted by atomic mass is 16.2. The summed E-state index contributed by atoms with van der Waals surface area (Å²) < 4.78 is 1.60. The van der Waals surface area contributed by atoms with Crippen molar-refractivity contribution in [2.75, 3.05) is 11.9 Å². The zero-order chi connectivity index (χ0) is 17.8. The summed E-state index contributed by atoms with van der Waals surface area (Å²) in [6, 6.07) is 9.48. The number of anilines is 1. The number of piperidine rings is 1. The number of rotatable bonds is 5. The summed E-state index contributed by atoms with van der Waals surface area (Å²) in [5.74, 6) is 0.0311. The quantitative estimate of drug-likeness (QED) is 0.910. The van der Waals surface area contributed by atoms with Crippen LogP contribution in [0.5, 0.6) is 0 Å². The summed E-state index contributed by atoms with van der Waals surface area (Å²) in [6.45, 7) is 3.41. The van der Waals surface area contributed by atoms with Gasteiger partial charge >= 0.3 is 0 Å². The Hall–Kier alpha value is -2.63. The van der Waals surface area contributed by atoms with Gasteiger partial charge in [-0.15, -0.1) is 0 Å². The van der Waals surface area contributed by atoms with Crippen molar-refractivity contribution in [1.29, 1.82) is 0 Å². The van der Waals surface area contributed by atoms with Gasteiger partial charge in [-0.3, -0.25) is 14.3 Å². The van der Waals surface area contributed by atoms with Crippen molar-refractivity contribution < 1.29 is 9.59 Å². The average Bonchev–Trinajstić information content (AvgIpc) is 2.98. The van der Waals surface area contributed by atoms with E-state index in [0.717, 1.165) is 42.8 Å². The summed E-state index contributed by atoms with van der Waals surface area (Å²) in [4.78, 5) is 26.3. The second kappa shape index (κ2) is 7.51. The number of amides is 2. The molecule has 1 fully saturated rings. The molecule has 1 aromatic carbocycles. The first-order valence-corrected chi connectivity index (χ1v) is 8.78. The predicted molar refractivity (Wildman–Crippen MR) is 96.2 cm³/mol. The Labute approximate surface area is 147 Å². The fourth-order valence-corrected chi connectivity index (χ4v) is 3.10. The normalized spacial score (nSPS) is 14.6. The van der Waals surface area contributed by atoms with Crippen LogP contribution in [0.3, 0.4) is 0 Å². The molecule has 6 heteroatoms. The Kier molecular flexibility index (Phi) is 5.16. The Morgan fingerprint density at radius 1 is 1.28 bits per heavy atom. The molecule has 0 spiro atoms. The Morgan fingerprint density at radius 2 is 2.12 bits per heavy atom. The van der Waals surface area contributed by atoms with E-state index >= 15 is 0 Å². The minimum atomic E-state index is -0.180. The third-order valence-electron chi connectivity index (χ3n) is 4.50. The topological polar surface area (TPSA) is 67.2 Å². The van der Waals surface area contributed by atoms with E-state index in [9.17, 15) is 9.59 Å². The average molecular weight is 340 g/mol. The molecule has 6 nitrogen and oxygen atoms in total. The molecule has 2 heterocycles. The number of hydrogen-bond acceptors (Lipinski definition) is 3. The summed E-state index contributed by atoms with van der Waals surface area (Å²) >= 11 is 0. The van der Waals surface area contributed by atoms with E-state index in [1.165, 1.54) is 0 Å². The van der Waals surface area contributed by atoms with Crippen LogP contribution < -0.4 is 5.32 Å². The molecule has 0 bridgehead atoms. The molecule has 1 aliphatic heterocycles. The van der Waals surface area contributed by atoms with Crippen LogP contribution in [0.15, 0.2) is 30.3 Å². The zero-order valence-electron chi connectivity index (χ0n) is 14.8. The number of carbonyl (C=O) groups is 2. The molecule has 1 saturated heterocycles.